The highest BCUT2D eigenvalue weighted by molar-refractivity contribution is 7.15. The van der Waals surface area contributed by atoms with Gasteiger partial charge in [0.05, 0.1) is 15.8 Å². The third-order valence-corrected chi connectivity index (χ3v) is 5.70. The number of carbonyl (C=O) groups excluding carboxylic acids is 1. The maximum Gasteiger partial charge on any atom is 0.268 e. The number of rotatable bonds is 5. The van der Waals surface area contributed by atoms with Crippen molar-refractivity contribution >= 4 is 44.0 Å². The largest absolute Gasteiger partial charge is 0.302 e. The molecule has 3 aromatic rings. The quantitative estimate of drug-likeness (QED) is 0.767. The number of aromatic nitrogens is 2. The van der Waals surface area contributed by atoms with Crippen molar-refractivity contribution in [3.63, 3.8) is 0 Å². The second kappa shape index (κ2) is 6.64. The van der Waals surface area contributed by atoms with E-state index < -0.39 is 0 Å². The first kappa shape index (κ1) is 15.9. The standard InChI is InChI=1S/C16H17N3O2S2/c1-10-11(2)22-16(17-10)18-14(20)8-5-9-19-15(21)12-6-3-4-7-13(12)23-19/h3-4,6-7H,5,8-9H2,1-2H3,(H,17,18,20). The molecule has 1 N–H and O–H groups in total. The van der Waals surface area contributed by atoms with Crippen LogP contribution in [0.4, 0.5) is 5.13 Å². The zero-order chi connectivity index (χ0) is 16.4. The second-order valence-corrected chi connectivity index (χ2v) is 7.57. The zero-order valence-electron chi connectivity index (χ0n) is 13.0. The number of carbonyl (C=O) groups is 1. The molecule has 2 heterocycles. The molecule has 1 amide bonds. The Morgan fingerprint density at radius 2 is 2.09 bits per heavy atom. The smallest absolute Gasteiger partial charge is 0.268 e. The molecule has 0 radical (unpaired) electrons. The molecule has 0 aliphatic rings. The fourth-order valence-corrected chi connectivity index (χ4v) is 4.12. The number of benzene rings is 1. The van der Waals surface area contributed by atoms with Crippen LogP contribution in [0.2, 0.25) is 0 Å². The van der Waals surface area contributed by atoms with Crippen LogP contribution >= 0.6 is 22.9 Å². The predicted molar refractivity (Wildman–Crippen MR) is 95.5 cm³/mol. The lowest BCUT2D eigenvalue weighted by Crippen LogP contribution is -2.16. The molecule has 0 unspecified atom stereocenters. The van der Waals surface area contributed by atoms with Crippen LogP contribution in [0.3, 0.4) is 0 Å². The second-order valence-electron chi connectivity index (χ2n) is 5.31. The molecule has 0 saturated carbocycles. The Balaban J connectivity index is 1.57. The molecule has 0 spiro atoms. The van der Waals surface area contributed by atoms with Crippen molar-refractivity contribution in [2.75, 3.05) is 5.32 Å². The Hall–Kier alpha value is -1.99. The summed E-state index contributed by atoms with van der Waals surface area (Å²) in [6.45, 7) is 4.47. The Morgan fingerprint density at radius 3 is 2.78 bits per heavy atom. The summed E-state index contributed by atoms with van der Waals surface area (Å²) in [6.07, 6.45) is 1.00. The lowest BCUT2D eigenvalue weighted by atomic mass is 10.3. The molecule has 5 nitrogen and oxygen atoms in total. The number of amides is 1. The molecule has 0 aliphatic heterocycles. The lowest BCUT2D eigenvalue weighted by Gasteiger charge is -2.02. The SMILES string of the molecule is Cc1nc(NC(=O)CCCn2sc3ccccc3c2=O)sc1C. The molecule has 0 atom stereocenters. The van der Waals surface area contributed by atoms with Gasteiger partial charge in [0.1, 0.15) is 0 Å². The van der Waals surface area contributed by atoms with Crippen molar-refractivity contribution in [1.82, 2.24) is 8.94 Å². The molecule has 7 heteroatoms. The predicted octanol–water partition coefficient (Wildman–Crippen LogP) is 3.56. The highest BCUT2D eigenvalue weighted by Crippen LogP contribution is 2.21. The van der Waals surface area contributed by atoms with Gasteiger partial charge in [0, 0.05) is 17.8 Å². The van der Waals surface area contributed by atoms with Gasteiger partial charge in [-0.15, -0.1) is 11.3 Å². The van der Waals surface area contributed by atoms with E-state index in [1.54, 1.807) is 3.96 Å². The fraction of sp³-hybridized carbons (Fsp3) is 0.312. The third kappa shape index (κ3) is 3.51. The zero-order valence-corrected chi connectivity index (χ0v) is 14.6. The number of hydrogen-bond donors (Lipinski definition) is 1. The van der Waals surface area contributed by atoms with Gasteiger partial charge in [0.15, 0.2) is 5.13 Å². The summed E-state index contributed by atoms with van der Waals surface area (Å²) in [5, 5.41) is 4.20. The summed E-state index contributed by atoms with van der Waals surface area (Å²) >= 11 is 2.93. The van der Waals surface area contributed by atoms with Crippen molar-refractivity contribution in [3.8, 4) is 0 Å². The Kier molecular flexibility index (Phi) is 4.58. The van der Waals surface area contributed by atoms with Crippen molar-refractivity contribution in [2.24, 2.45) is 0 Å². The first-order valence-electron chi connectivity index (χ1n) is 7.37. The molecule has 0 saturated heterocycles. The Bertz CT molecular complexity index is 888. The number of fused-ring (bicyclic) bond motifs is 1. The van der Waals surface area contributed by atoms with Gasteiger partial charge in [-0.3, -0.25) is 13.5 Å². The van der Waals surface area contributed by atoms with Crippen LogP contribution in [0.25, 0.3) is 10.1 Å². The summed E-state index contributed by atoms with van der Waals surface area (Å²) < 4.78 is 2.70. The van der Waals surface area contributed by atoms with Gasteiger partial charge in [-0.25, -0.2) is 4.98 Å². The maximum absolute atomic E-state index is 12.2. The molecule has 0 bridgehead atoms. The monoisotopic (exact) mass is 347 g/mol. The first-order chi connectivity index (χ1) is 11.0. The normalized spacial score (nSPS) is 11.0. The van der Waals surface area contributed by atoms with Gasteiger partial charge in [-0.05, 0) is 32.4 Å². The minimum absolute atomic E-state index is 0.0252. The number of hydrogen-bond acceptors (Lipinski definition) is 5. The van der Waals surface area contributed by atoms with Crippen molar-refractivity contribution in [1.29, 1.82) is 0 Å². The summed E-state index contributed by atoms with van der Waals surface area (Å²) in [7, 11) is 0. The van der Waals surface area contributed by atoms with Gasteiger partial charge in [-0.1, -0.05) is 23.7 Å². The molecular weight excluding hydrogens is 330 g/mol. The summed E-state index contributed by atoms with van der Waals surface area (Å²) in [5.41, 5.74) is 0.972. The first-order valence-corrected chi connectivity index (χ1v) is 8.96. The number of aryl methyl sites for hydroxylation is 3. The van der Waals surface area contributed by atoms with E-state index in [-0.39, 0.29) is 11.5 Å². The van der Waals surface area contributed by atoms with Crippen LogP contribution in [0.15, 0.2) is 29.1 Å². The summed E-state index contributed by atoms with van der Waals surface area (Å²) in [5.74, 6) is -0.0621. The highest BCUT2D eigenvalue weighted by atomic mass is 32.1. The Labute approximate surface area is 141 Å². The van der Waals surface area contributed by atoms with Crippen molar-refractivity contribution < 1.29 is 4.79 Å². The van der Waals surface area contributed by atoms with Crippen LogP contribution in [-0.4, -0.2) is 14.8 Å². The van der Waals surface area contributed by atoms with Gasteiger partial charge >= 0.3 is 0 Å². The molecule has 3 rings (SSSR count). The molecule has 1 aromatic carbocycles. The van der Waals surface area contributed by atoms with Crippen LogP contribution in [0, 0.1) is 13.8 Å². The van der Waals surface area contributed by atoms with Gasteiger partial charge in [0.25, 0.3) is 5.56 Å². The van der Waals surface area contributed by atoms with Crippen molar-refractivity contribution in [2.45, 2.75) is 33.2 Å². The van der Waals surface area contributed by atoms with E-state index in [1.165, 1.54) is 22.9 Å². The molecule has 2 aromatic heterocycles. The van der Waals surface area contributed by atoms with E-state index in [1.807, 2.05) is 38.1 Å². The van der Waals surface area contributed by atoms with Crippen LogP contribution in [0.5, 0.6) is 0 Å². The summed E-state index contributed by atoms with van der Waals surface area (Å²) in [4.78, 5) is 29.6. The topological polar surface area (TPSA) is 64.0 Å². The molecule has 0 fully saturated rings. The van der Waals surface area contributed by atoms with Crippen LogP contribution < -0.4 is 10.9 Å². The molecule has 0 aliphatic carbocycles. The summed E-state index contributed by atoms with van der Waals surface area (Å²) in [6, 6.07) is 7.57. The maximum atomic E-state index is 12.2. The molecule has 23 heavy (non-hydrogen) atoms. The third-order valence-electron chi connectivity index (χ3n) is 3.59. The molecular formula is C16H17N3O2S2. The number of nitrogens with zero attached hydrogens (tertiary/aromatic N) is 2. The highest BCUT2D eigenvalue weighted by Gasteiger charge is 2.10. The minimum Gasteiger partial charge on any atom is -0.302 e. The van der Waals surface area contributed by atoms with Gasteiger partial charge in [-0.2, -0.15) is 0 Å². The molecule has 120 valence electrons. The van der Waals surface area contributed by atoms with E-state index in [2.05, 4.69) is 10.3 Å². The van der Waals surface area contributed by atoms with E-state index in [0.717, 1.165) is 20.7 Å². The van der Waals surface area contributed by atoms with Gasteiger partial charge in [0.2, 0.25) is 5.91 Å². The fourth-order valence-electron chi connectivity index (χ4n) is 2.26. The van der Waals surface area contributed by atoms with E-state index in [9.17, 15) is 9.59 Å². The van der Waals surface area contributed by atoms with E-state index in [0.29, 0.717) is 24.5 Å². The number of anilines is 1. The Morgan fingerprint density at radius 1 is 1.30 bits per heavy atom. The lowest BCUT2D eigenvalue weighted by molar-refractivity contribution is -0.116. The van der Waals surface area contributed by atoms with Crippen LogP contribution in [-0.2, 0) is 11.3 Å². The van der Waals surface area contributed by atoms with E-state index >= 15 is 0 Å². The van der Waals surface area contributed by atoms with Crippen molar-refractivity contribution in [3.05, 3.63) is 45.2 Å². The van der Waals surface area contributed by atoms with Crippen LogP contribution in [0.1, 0.15) is 23.4 Å². The average Bonchev–Trinajstić information content (AvgIpc) is 3.00. The number of thiazole rings is 1. The van der Waals surface area contributed by atoms with E-state index in [4.69, 9.17) is 0 Å². The average molecular weight is 347 g/mol. The van der Waals surface area contributed by atoms with Gasteiger partial charge < -0.3 is 5.32 Å². The number of nitrogens with one attached hydrogen (secondary N) is 1. The minimum atomic E-state index is -0.0621.